The number of rotatable bonds is 4. The zero-order valence-electron chi connectivity index (χ0n) is 12.0. The van der Waals surface area contributed by atoms with E-state index in [0.29, 0.717) is 0 Å². The van der Waals surface area contributed by atoms with Crippen molar-refractivity contribution in [1.29, 1.82) is 0 Å². The Kier molecular flexibility index (Phi) is 3.87. The second-order valence-corrected chi connectivity index (χ2v) is 5.44. The molecule has 0 saturated heterocycles. The summed E-state index contributed by atoms with van der Waals surface area (Å²) >= 11 is 0. The normalized spacial score (nSPS) is 12.3. The first-order chi connectivity index (χ1) is 10.2. The molecule has 106 valence electrons. The molecule has 0 aliphatic heterocycles. The van der Waals surface area contributed by atoms with Gasteiger partial charge in [0.2, 0.25) is 0 Å². The first-order valence-corrected chi connectivity index (χ1v) is 7.20. The highest BCUT2D eigenvalue weighted by Gasteiger charge is 2.05. The summed E-state index contributed by atoms with van der Waals surface area (Å²) in [4.78, 5) is 0. The summed E-state index contributed by atoms with van der Waals surface area (Å²) in [6, 6.07) is 21.7. The summed E-state index contributed by atoms with van der Waals surface area (Å²) in [5.74, 6) is -0.176. The van der Waals surface area contributed by atoms with Crippen molar-refractivity contribution in [1.82, 2.24) is 0 Å². The van der Waals surface area contributed by atoms with Crippen molar-refractivity contribution < 1.29 is 4.39 Å². The van der Waals surface area contributed by atoms with E-state index in [0.717, 1.165) is 17.7 Å². The zero-order valence-corrected chi connectivity index (χ0v) is 12.0. The number of nitrogens with one attached hydrogen (secondary N) is 1. The van der Waals surface area contributed by atoms with Gasteiger partial charge in [0.25, 0.3) is 0 Å². The molecule has 0 fully saturated rings. The molecule has 0 aliphatic rings. The quantitative estimate of drug-likeness (QED) is 0.707. The van der Waals surface area contributed by atoms with Crippen LogP contribution in [0.4, 0.5) is 10.1 Å². The lowest BCUT2D eigenvalue weighted by Crippen LogP contribution is -2.18. The van der Waals surface area contributed by atoms with Crippen molar-refractivity contribution in [3.63, 3.8) is 0 Å². The molecule has 0 saturated carbocycles. The summed E-state index contributed by atoms with van der Waals surface area (Å²) in [5, 5.41) is 5.94. The first-order valence-electron chi connectivity index (χ1n) is 7.20. The molecule has 3 aromatic rings. The van der Waals surface area contributed by atoms with Crippen LogP contribution in [0.2, 0.25) is 0 Å². The molecule has 2 heteroatoms. The van der Waals surface area contributed by atoms with Gasteiger partial charge in [-0.05, 0) is 53.9 Å². The molecule has 0 bridgehead atoms. The number of fused-ring (bicyclic) bond motifs is 1. The predicted octanol–water partition coefficient (Wildman–Crippen LogP) is 5.02. The number of anilines is 1. The number of hydrogen-bond acceptors (Lipinski definition) is 1. The average Bonchev–Trinajstić information content (AvgIpc) is 2.47. The van der Waals surface area contributed by atoms with Gasteiger partial charge >= 0.3 is 0 Å². The van der Waals surface area contributed by atoms with Crippen LogP contribution >= 0.6 is 0 Å². The third-order valence-corrected chi connectivity index (χ3v) is 3.59. The van der Waals surface area contributed by atoms with Crippen LogP contribution in [0.15, 0.2) is 66.7 Å². The minimum atomic E-state index is -0.176. The average molecular weight is 279 g/mol. The van der Waals surface area contributed by atoms with E-state index in [1.54, 1.807) is 12.1 Å². The highest BCUT2D eigenvalue weighted by atomic mass is 19.1. The van der Waals surface area contributed by atoms with Crippen LogP contribution in [0, 0.1) is 5.82 Å². The molecule has 21 heavy (non-hydrogen) atoms. The highest BCUT2D eigenvalue weighted by molar-refractivity contribution is 5.85. The van der Waals surface area contributed by atoms with Gasteiger partial charge in [0.1, 0.15) is 5.82 Å². The van der Waals surface area contributed by atoms with Gasteiger partial charge in [0.15, 0.2) is 0 Å². The Labute approximate surface area is 124 Å². The lowest BCUT2D eigenvalue weighted by atomic mass is 10.1. The summed E-state index contributed by atoms with van der Waals surface area (Å²) in [7, 11) is 0. The van der Waals surface area contributed by atoms with Crippen molar-refractivity contribution in [2.24, 2.45) is 0 Å². The van der Waals surface area contributed by atoms with E-state index in [1.165, 1.54) is 16.8 Å². The molecular weight excluding hydrogens is 261 g/mol. The highest BCUT2D eigenvalue weighted by Crippen LogP contribution is 2.20. The Morgan fingerprint density at radius 3 is 2.52 bits per heavy atom. The van der Waals surface area contributed by atoms with E-state index in [-0.39, 0.29) is 11.9 Å². The van der Waals surface area contributed by atoms with E-state index >= 15 is 0 Å². The molecule has 0 heterocycles. The monoisotopic (exact) mass is 279 g/mol. The molecule has 1 unspecified atom stereocenters. The maximum Gasteiger partial charge on any atom is 0.123 e. The standard InChI is InChI=1S/C19H18FN/c1-14(11-15-5-4-8-18(20)12-15)21-19-10-9-16-6-2-3-7-17(16)13-19/h2-10,12-14,21H,11H2,1H3. The van der Waals surface area contributed by atoms with Crippen LogP contribution in [0.5, 0.6) is 0 Å². The lowest BCUT2D eigenvalue weighted by Gasteiger charge is -2.16. The van der Waals surface area contributed by atoms with Crippen molar-refractivity contribution in [3.8, 4) is 0 Å². The molecule has 1 atom stereocenters. The van der Waals surface area contributed by atoms with Gasteiger partial charge in [0, 0.05) is 11.7 Å². The molecular formula is C19H18FN. The first kappa shape index (κ1) is 13.6. The molecule has 1 N–H and O–H groups in total. The fourth-order valence-electron chi connectivity index (χ4n) is 2.63. The minimum Gasteiger partial charge on any atom is -0.382 e. The lowest BCUT2D eigenvalue weighted by molar-refractivity contribution is 0.624. The third kappa shape index (κ3) is 3.40. The molecule has 0 amide bonds. The van der Waals surface area contributed by atoms with Gasteiger partial charge in [-0.25, -0.2) is 4.39 Å². The largest absolute Gasteiger partial charge is 0.382 e. The summed E-state index contributed by atoms with van der Waals surface area (Å²) < 4.78 is 13.2. The maximum atomic E-state index is 13.2. The molecule has 0 spiro atoms. The van der Waals surface area contributed by atoms with E-state index < -0.39 is 0 Å². The van der Waals surface area contributed by atoms with Crippen LogP contribution < -0.4 is 5.32 Å². The second-order valence-electron chi connectivity index (χ2n) is 5.44. The molecule has 0 aliphatic carbocycles. The Morgan fingerprint density at radius 2 is 1.71 bits per heavy atom. The topological polar surface area (TPSA) is 12.0 Å². The van der Waals surface area contributed by atoms with Gasteiger partial charge in [-0.1, -0.05) is 42.5 Å². The van der Waals surface area contributed by atoms with E-state index in [4.69, 9.17) is 0 Å². The summed E-state index contributed by atoms with van der Waals surface area (Å²) in [6.45, 7) is 2.11. The van der Waals surface area contributed by atoms with Crippen LogP contribution in [0.25, 0.3) is 10.8 Å². The Hall–Kier alpha value is -2.35. The van der Waals surface area contributed by atoms with Gasteiger partial charge in [-0.15, -0.1) is 0 Å². The Balaban J connectivity index is 1.72. The van der Waals surface area contributed by atoms with Gasteiger partial charge in [-0.2, -0.15) is 0 Å². The Morgan fingerprint density at radius 1 is 0.905 bits per heavy atom. The fourth-order valence-corrected chi connectivity index (χ4v) is 2.63. The van der Waals surface area contributed by atoms with Crippen molar-refractivity contribution >= 4 is 16.5 Å². The summed E-state index contributed by atoms with van der Waals surface area (Å²) in [5.41, 5.74) is 2.10. The minimum absolute atomic E-state index is 0.176. The maximum absolute atomic E-state index is 13.2. The van der Waals surface area contributed by atoms with Crippen molar-refractivity contribution in [2.75, 3.05) is 5.32 Å². The van der Waals surface area contributed by atoms with E-state index in [9.17, 15) is 4.39 Å². The molecule has 0 radical (unpaired) electrons. The van der Waals surface area contributed by atoms with E-state index in [1.807, 2.05) is 18.2 Å². The van der Waals surface area contributed by atoms with Gasteiger partial charge in [0.05, 0.1) is 0 Å². The smallest absolute Gasteiger partial charge is 0.123 e. The zero-order chi connectivity index (χ0) is 14.7. The number of benzene rings is 3. The van der Waals surface area contributed by atoms with Crippen molar-refractivity contribution in [2.45, 2.75) is 19.4 Å². The molecule has 1 nitrogen and oxygen atoms in total. The SMILES string of the molecule is CC(Cc1cccc(F)c1)Nc1ccc2ccccc2c1. The number of hydrogen-bond donors (Lipinski definition) is 1. The van der Waals surface area contributed by atoms with Crippen LogP contribution in [0.1, 0.15) is 12.5 Å². The van der Waals surface area contributed by atoms with Crippen LogP contribution in [-0.2, 0) is 6.42 Å². The second kappa shape index (κ2) is 5.96. The third-order valence-electron chi connectivity index (χ3n) is 3.59. The van der Waals surface area contributed by atoms with E-state index in [2.05, 4.69) is 42.6 Å². The van der Waals surface area contributed by atoms with Gasteiger partial charge < -0.3 is 5.32 Å². The van der Waals surface area contributed by atoms with Crippen molar-refractivity contribution in [3.05, 3.63) is 78.1 Å². The van der Waals surface area contributed by atoms with Gasteiger partial charge in [-0.3, -0.25) is 0 Å². The molecule has 3 rings (SSSR count). The molecule has 0 aromatic heterocycles. The fraction of sp³-hybridized carbons (Fsp3) is 0.158. The molecule has 3 aromatic carbocycles. The Bertz CT molecular complexity index is 751. The predicted molar refractivity (Wildman–Crippen MR) is 87.1 cm³/mol. The number of halogens is 1. The van der Waals surface area contributed by atoms with Crippen LogP contribution in [0.3, 0.4) is 0 Å². The summed E-state index contributed by atoms with van der Waals surface area (Å²) in [6.07, 6.45) is 0.796. The van der Waals surface area contributed by atoms with Crippen LogP contribution in [-0.4, -0.2) is 6.04 Å².